The Bertz CT molecular complexity index is 309. The number of carbonyl (C=O) groups excluding carboxylic acids is 1. The maximum absolute atomic E-state index is 11.5. The number of rotatable bonds is 4. The summed E-state index contributed by atoms with van der Waals surface area (Å²) in [6.45, 7) is 6.01. The summed E-state index contributed by atoms with van der Waals surface area (Å²) < 4.78 is 0. The number of amides is 1. The van der Waals surface area contributed by atoms with Gasteiger partial charge in [0.1, 0.15) is 0 Å². The summed E-state index contributed by atoms with van der Waals surface area (Å²) in [5, 5.41) is 2.93. The van der Waals surface area contributed by atoms with E-state index in [0.717, 1.165) is 5.69 Å². The van der Waals surface area contributed by atoms with E-state index in [1.165, 1.54) is 0 Å². The van der Waals surface area contributed by atoms with Crippen LogP contribution in [0.2, 0.25) is 0 Å². The first-order valence-electron chi connectivity index (χ1n) is 5.30. The smallest absolute Gasteiger partial charge is 0.220 e. The first-order chi connectivity index (χ1) is 7.09. The molecule has 0 saturated carbocycles. The molecule has 1 unspecified atom stereocenters. The molecule has 3 nitrogen and oxygen atoms in total. The van der Waals surface area contributed by atoms with Crippen LogP contribution in [-0.4, -0.2) is 10.9 Å². The summed E-state index contributed by atoms with van der Waals surface area (Å²) >= 11 is 0. The van der Waals surface area contributed by atoms with Gasteiger partial charge in [-0.05, 0) is 25.0 Å². The Morgan fingerprint density at radius 1 is 1.40 bits per heavy atom. The van der Waals surface area contributed by atoms with Crippen LogP contribution in [0.3, 0.4) is 0 Å². The van der Waals surface area contributed by atoms with Crippen molar-refractivity contribution in [1.82, 2.24) is 10.3 Å². The first kappa shape index (κ1) is 11.7. The van der Waals surface area contributed by atoms with Gasteiger partial charge in [-0.15, -0.1) is 0 Å². The van der Waals surface area contributed by atoms with Crippen LogP contribution in [0, 0.1) is 5.92 Å². The van der Waals surface area contributed by atoms with Gasteiger partial charge >= 0.3 is 0 Å². The van der Waals surface area contributed by atoms with E-state index in [9.17, 15) is 4.79 Å². The van der Waals surface area contributed by atoms with Crippen LogP contribution < -0.4 is 5.32 Å². The lowest BCUT2D eigenvalue weighted by molar-refractivity contribution is -0.122. The average molecular weight is 206 g/mol. The van der Waals surface area contributed by atoms with Crippen molar-refractivity contribution in [3.8, 4) is 0 Å². The van der Waals surface area contributed by atoms with E-state index < -0.39 is 0 Å². The molecule has 1 atom stereocenters. The van der Waals surface area contributed by atoms with E-state index in [2.05, 4.69) is 10.3 Å². The Balaban J connectivity index is 2.49. The standard InChI is InChI=1S/C12H18N2O/c1-9(2)8-12(15)14-10(3)11-6-4-5-7-13-11/h4-7,9-10H,8H2,1-3H3,(H,14,15). The van der Waals surface area contributed by atoms with Gasteiger partial charge in [-0.2, -0.15) is 0 Å². The highest BCUT2D eigenvalue weighted by atomic mass is 16.1. The maximum Gasteiger partial charge on any atom is 0.220 e. The molecule has 0 aliphatic heterocycles. The van der Waals surface area contributed by atoms with Gasteiger partial charge in [0.25, 0.3) is 0 Å². The lowest BCUT2D eigenvalue weighted by atomic mass is 10.1. The largest absolute Gasteiger partial charge is 0.348 e. The van der Waals surface area contributed by atoms with E-state index in [-0.39, 0.29) is 11.9 Å². The molecule has 3 heteroatoms. The number of pyridine rings is 1. The topological polar surface area (TPSA) is 42.0 Å². The summed E-state index contributed by atoms with van der Waals surface area (Å²) in [7, 11) is 0. The molecule has 1 rings (SSSR count). The number of nitrogens with one attached hydrogen (secondary N) is 1. The van der Waals surface area contributed by atoms with Crippen LogP contribution in [-0.2, 0) is 4.79 Å². The monoisotopic (exact) mass is 206 g/mol. The van der Waals surface area contributed by atoms with Crippen LogP contribution in [0.25, 0.3) is 0 Å². The highest BCUT2D eigenvalue weighted by Crippen LogP contribution is 2.09. The number of hydrogen-bond acceptors (Lipinski definition) is 2. The van der Waals surface area contributed by atoms with Gasteiger partial charge in [-0.1, -0.05) is 19.9 Å². The van der Waals surface area contributed by atoms with E-state index in [4.69, 9.17) is 0 Å². The molecule has 1 amide bonds. The van der Waals surface area contributed by atoms with Crippen LogP contribution in [0.5, 0.6) is 0 Å². The molecule has 0 fully saturated rings. The maximum atomic E-state index is 11.5. The van der Waals surface area contributed by atoms with Crippen LogP contribution in [0.1, 0.15) is 38.9 Å². The summed E-state index contributed by atoms with van der Waals surface area (Å²) in [4.78, 5) is 15.7. The molecule has 0 saturated heterocycles. The molecule has 0 aliphatic rings. The predicted octanol–water partition coefficient (Wildman–Crippen LogP) is 2.30. The van der Waals surface area contributed by atoms with Gasteiger partial charge in [0.15, 0.2) is 0 Å². The normalized spacial score (nSPS) is 12.5. The SMILES string of the molecule is CC(C)CC(=O)NC(C)c1ccccn1. The summed E-state index contributed by atoms with van der Waals surface area (Å²) in [6.07, 6.45) is 2.30. The van der Waals surface area contributed by atoms with Gasteiger partial charge in [-0.25, -0.2) is 0 Å². The number of aromatic nitrogens is 1. The quantitative estimate of drug-likeness (QED) is 0.821. The zero-order chi connectivity index (χ0) is 11.3. The molecule has 1 aromatic rings. The van der Waals surface area contributed by atoms with Crippen molar-refractivity contribution >= 4 is 5.91 Å². The van der Waals surface area contributed by atoms with Gasteiger partial charge in [0, 0.05) is 12.6 Å². The van der Waals surface area contributed by atoms with Crippen molar-refractivity contribution in [2.75, 3.05) is 0 Å². The second-order valence-electron chi connectivity index (χ2n) is 4.14. The Labute approximate surface area is 90.9 Å². The molecule has 0 radical (unpaired) electrons. The molecule has 1 heterocycles. The minimum Gasteiger partial charge on any atom is -0.348 e. The molecule has 15 heavy (non-hydrogen) atoms. The highest BCUT2D eigenvalue weighted by Gasteiger charge is 2.10. The van der Waals surface area contributed by atoms with E-state index in [1.807, 2.05) is 39.0 Å². The third-order valence-corrected chi connectivity index (χ3v) is 2.10. The third kappa shape index (κ3) is 4.11. The number of hydrogen-bond donors (Lipinski definition) is 1. The molecule has 0 aromatic carbocycles. The van der Waals surface area contributed by atoms with Crippen molar-refractivity contribution in [2.24, 2.45) is 5.92 Å². The number of nitrogens with zero attached hydrogens (tertiary/aromatic N) is 1. The van der Waals surface area contributed by atoms with Crippen molar-refractivity contribution in [3.05, 3.63) is 30.1 Å². The second kappa shape index (κ2) is 5.49. The molecule has 0 bridgehead atoms. The molecule has 0 spiro atoms. The van der Waals surface area contributed by atoms with Gasteiger partial charge in [0.05, 0.1) is 11.7 Å². The zero-order valence-corrected chi connectivity index (χ0v) is 9.53. The van der Waals surface area contributed by atoms with Crippen molar-refractivity contribution in [1.29, 1.82) is 0 Å². The lowest BCUT2D eigenvalue weighted by Crippen LogP contribution is -2.27. The van der Waals surface area contributed by atoms with Gasteiger partial charge in [0.2, 0.25) is 5.91 Å². The molecule has 82 valence electrons. The number of carbonyl (C=O) groups is 1. The van der Waals surface area contributed by atoms with Crippen molar-refractivity contribution in [3.63, 3.8) is 0 Å². The average Bonchev–Trinajstić information content (AvgIpc) is 2.17. The van der Waals surface area contributed by atoms with E-state index in [1.54, 1.807) is 6.20 Å². The fourth-order valence-electron chi connectivity index (χ4n) is 1.38. The van der Waals surface area contributed by atoms with Crippen molar-refractivity contribution in [2.45, 2.75) is 33.2 Å². The molecular formula is C12H18N2O. The fourth-order valence-corrected chi connectivity index (χ4v) is 1.38. The zero-order valence-electron chi connectivity index (χ0n) is 9.53. The molecule has 1 aromatic heterocycles. The van der Waals surface area contributed by atoms with Crippen LogP contribution in [0.15, 0.2) is 24.4 Å². The summed E-state index contributed by atoms with van der Waals surface area (Å²) in [6, 6.07) is 5.69. The predicted molar refractivity (Wildman–Crippen MR) is 60.2 cm³/mol. The highest BCUT2D eigenvalue weighted by molar-refractivity contribution is 5.76. The minimum absolute atomic E-state index is 0.0163. The van der Waals surface area contributed by atoms with E-state index >= 15 is 0 Å². The summed E-state index contributed by atoms with van der Waals surface area (Å²) in [5.74, 6) is 0.476. The Kier molecular flexibility index (Phi) is 4.28. The molecule has 0 aliphatic carbocycles. The van der Waals surface area contributed by atoms with Crippen LogP contribution >= 0.6 is 0 Å². The first-order valence-corrected chi connectivity index (χ1v) is 5.30. The third-order valence-electron chi connectivity index (χ3n) is 2.10. The second-order valence-corrected chi connectivity index (χ2v) is 4.14. The Morgan fingerprint density at radius 2 is 2.13 bits per heavy atom. The van der Waals surface area contributed by atoms with Gasteiger partial charge < -0.3 is 5.32 Å². The van der Waals surface area contributed by atoms with Crippen LogP contribution in [0.4, 0.5) is 0 Å². The van der Waals surface area contributed by atoms with E-state index in [0.29, 0.717) is 12.3 Å². The molecular weight excluding hydrogens is 188 g/mol. The lowest BCUT2D eigenvalue weighted by Gasteiger charge is -2.14. The Morgan fingerprint density at radius 3 is 2.67 bits per heavy atom. The van der Waals surface area contributed by atoms with Gasteiger partial charge in [-0.3, -0.25) is 9.78 Å². The Hall–Kier alpha value is -1.38. The fraction of sp³-hybridized carbons (Fsp3) is 0.500. The van der Waals surface area contributed by atoms with Crippen molar-refractivity contribution < 1.29 is 4.79 Å². The summed E-state index contributed by atoms with van der Waals surface area (Å²) in [5.41, 5.74) is 0.898. The molecule has 1 N–H and O–H groups in total. The minimum atomic E-state index is -0.0163.